The normalized spacial score (nSPS) is 12.5. The van der Waals surface area contributed by atoms with E-state index in [0.717, 1.165) is 11.1 Å². The molecule has 0 bridgehead atoms. The summed E-state index contributed by atoms with van der Waals surface area (Å²) in [5.41, 5.74) is 12.8. The first-order valence-corrected chi connectivity index (χ1v) is 9.96. The maximum Gasteiger partial charge on any atom is 0.222 e. The van der Waals surface area contributed by atoms with Gasteiger partial charge in [-0.05, 0) is 40.5 Å². The highest BCUT2D eigenvalue weighted by atomic mass is 19.1. The number of hydrogen-bond acceptors (Lipinski definition) is 9. The Balaban J connectivity index is 1.95. The lowest BCUT2D eigenvalue weighted by Crippen LogP contribution is -2.28. The van der Waals surface area contributed by atoms with Crippen LogP contribution in [0.15, 0.2) is 36.6 Å². The molecule has 0 spiro atoms. The van der Waals surface area contributed by atoms with Crippen LogP contribution in [0, 0.1) is 0 Å². The fourth-order valence-electron chi connectivity index (χ4n) is 2.94. The zero-order chi connectivity index (χ0) is 22.8. The molecule has 0 amide bonds. The van der Waals surface area contributed by atoms with Crippen molar-refractivity contribution < 1.29 is 4.39 Å². The average molecular weight is 429 g/mol. The van der Waals surface area contributed by atoms with E-state index in [2.05, 4.69) is 25.4 Å². The van der Waals surface area contributed by atoms with Gasteiger partial charge in [-0.1, -0.05) is 0 Å². The van der Waals surface area contributed by atoms with Crippen molar-refractivity contribution >= 4 is 28.4 Å². The number of alkyl halides is 1. The lowest BCUT2D eigenvalue weighted by atomic mass is 10.0. The number of hydrazine groups is 1. The number of hydrogen-bond donors (Lipinski definition) is 4. The van der Waals surface area contributed by atoms with Crippen LogP contribution in [0.1, 0.15) is 40.5 Å². The van der Waals surface area contributed by atoms with Crippen molar-refractivity contribution in [2.45, 2.75) is 52.2 Å². The van der Waals surface area contributed by atoms with Gasteiger partial charge in [0.15, 0.2) is 11.5 Å². The maximum absolute atomic E-state index is 13.8. The van der Waals surface area contributed by atoms with Crippen molar-refractivity contribution in [1.29, 1.82) is 0 Å². The van der Waals surface area contributed by atoms with Crippen LogP contribution in [0.25, 0.3) is 16.9 Å². The van der Waals surface area contributed by atoms with Gasteiger partial charge in [0.2, 0.25) is 5.95 Å². The number of nitrogens with one attached hydrogen (secondary N) is 1. The van der Waals surface area contributed by atoms with Crippen LogP contribution in [0.3, 0.4) is 0 Å². The lowest BCUT2D eigenvalue weighted by Gasteiger charge is -2.22. The SMILES string of the molecule is CC(C)Nc1cc(-n2ncc3cnc(N)nc32)ncc1N(N)/C=C(\N)CCC(C)(C)F. The third-order valence-electron chi connectivity index (χ3n) is 4.45. The van der Waals surface area contributed by atoms with Crippen molar-refractivity contribution in [2.75, 3.05) is 16.1 Å². The number of anilines is 3. The molecule has 3 aromatic heterocycles. The molecule has 0 aliphatic heterocycles. The monoisotopic (exact) mass is 428 g/mol. The average Bonchev–Trinajstić information content (AvgIpc) is 3.08. The summed E-state index contributed by atoms with van der Waals surface area (Å²) in [5, 5.41) is 9.83. The van der Waals surface area contributed by atoms with Gasteiger partial charge in [-0.15, -0.1) is 0 Å². The molecule has 0 saturated carbocycles. The number of allylic oxidation sites excluding steroid dienone is 1. The van der Waals surface area contributed by atoms with Crippen molar-refractivity contribution in [1.82, 2.24) is 24.7 Å². The van der Waals surface area contributed by atoms with E-state index in [1.54, 1.807) is 29.5 Å². The van der Waals surface area contributed by atoms with Gasteiger partial charge in [-0.2, -0.15) is 14.8 Å². The summed E-state index contributed by atoms with van der Waals surface area (Å²) in [6.07, 6.45) is 7.12. The van der Waals surface area contributed by atoms with Crippen LogP contribution < -0.4 is 27.6 Å². The Hall–Kier alpha value is -3.47. The second-order valence-corrected chi connectivity index (χ2v) is 8.25. The molecule has 31 heavy (non-hydrogen) atoms. The van der Waals surface area contributed by atoms with E-state index in [4.69, 9.17) is 17.3 Å². The first kappa shape index (κ1) is 22.2. The summed E-state index contributed by atoms with van der Waals surface area (Å²) in [5.74, 6) is 6.92. The summed E-state index contributed by atoms with van der Waals surface area (Å²) in [6, 6.07) is 1.94. The molecule has 3 aromatic rings. The van der Waals surface area contributed by atoms with Crippen LogP contribution >= 0.6 is 0 Å². The number of rotatable bonds is 8. The predicted octanol–water partition coefficient (Wildman–Crippen LogP) is 2.62. The molecule has 11 heteroatoms. The molecule has 0 aliphatic carbocycles. The molecule has 10 nitrogen and oxygen atoms in total. The molecule has 0 radical (unpaired) electrons. The van der Waals surface area contributed by atoms with Crippen LogP contribution in [-0.2, 0) is 0 Å². The smallest absolute Gasteiger partial charge is 0.222 e. The highest BCUT2D eigenvalue weighted by Crippen LogP contribution is 2.28. The zero-order valence-corrected chi connectivity index (χ0v) is 18.2. The predicted molar refractivity (Wildman–Crippen MR) is 121 cm³/mol. The topological polar surface area (TPSA) is 150 Å². The van der Waals surface area contributed by atoms with Crippen molar-refractivity contribution in [2.24, 2.45) is 11.6 Å². The first-order valence-electron chi connectivity index (χ1n) is 9.96. The summed E-state index contributed by atoms with van der Waals surface area (Å²) in [4.78, 5) is 12.7. The Bertz CT molecular complexity index is 1080. The molecular weight excluding hydrogens is 399 g/mol. The molecule has 0 fully saturated rings. The van der Waals surface area contributed by atoms with Gasteiger partial charge in [0.1, 0.15) is 5.67 Å². The minimum absolute atomic E-state index is 0.128. The Morgan fingerprint density at radius 2 is 2.03 bits per heavy atom. The molecule has 0 aromatic carbocycles. The van der Waals surface area contributed by atoms with Gasteiger partial charge in [0, 0.05) is 30.2 Å². The second kappa shape index (κ2) is 8.72. The largest absolute Gasteiger partial charge is 0.401 e. The molecule has 3 heterocycles. The number of nitrogens with two attached hydrogens (primary N) is 3. The number of nitrogens with zero attached hydrogens (tertiary/aromatic N) is 6. The van der Waals surface area contributed by atoms with Gasteiger partial charge in [-0.25, -0.2) is 20.2 Å². The van der Waals surface area contributed by atoms with E-state index in [1.807, 2.05) is 19.9 Å². The van der Waals surface area contributed by atoms with Crippen molar-refractivity contribution in [3.05, 3.63) is 36.6 Å². The minimum atomic E-state index is -1.30. The summed E-state index contributed by atoms with van der Waals surface area (Å²) >= 11 is 0. The number of nitrogen functional groups attached to an aromatic ring is 1. The standard InChI is InChI=1S/C20H29FN10/c1-12(2)28-15-7-17(31-18-13(9-27-31)8-26-19(23)29-18)25-10-16(15)30(24)11-14(22)5-6-20(3,4)21/h7-12H,5-6,22,24H2,1-4H3,(H,25,28)(H2,23,26,29)/b14-11-. The van der Waals surface area contributed by atoms with Gasteiger partial charge in [0.25, 0.3) is 0 Å². The van der Waals surface area contributed by atoms with E-state index in [0.29, 0.717) is 35.7 Å². The maximum atomic E-state index is 13.8. The van der Waals surface area contributed by atoms with Gasteiger partial charge < -0.3 is 16.8 Å². The van der Waals surface area contributed by atoms with Gasteiger partial charge in [-0.3, -0.25) is 5.01 Å². The van der Waals surface area contributed by atoms with Crippen LogP contribution in [0.4, 0.5) is 21.7 Å². The van der Waals surface area contributed by atoms with Crippen molar-refractivity contribution in [3.63, 3.8) is 0 Å². The molecule has 0 aliphatic rings. The Morgan fingerprint density at radius 3 is 2.71 bits per heavy atom. The fraction of sp³-hybridized carbons (Fsp3) is 0.400. The molecule has 0 saturated heterocycles. The number of fused-ring (bicyclic) bond motifs is 1. The number of pyridine rings is 1. The minimum Gasteiger partial charge on any atom is -0.401 e. The Kier molecular flexibility index (Phi) is 6.25. The highest BCUT2D eigenvalue weighted by molar-refractivity contribution is 5.77. The Morgan fingerprint density at radius 1 is 1.29 bits per heavy atom. The summed E-state index contributed by atoms with van der Waals surface area (Å²) in [7, 11) is 0. The van der Waals surface area contributed by atoms with Crippen LogP contribution in [-0.4, -0.2) is 36.4 Å². The van der Waals surface area contributed by atoms with E-state index >= 15 is 0 Å². The van der Waals surface area contributed by atoms with E-state index < -0.39 is 5.67 Å². The molecule has 0 unspecified atom stereocenters. The highest BCUT2D eigenvalue weighted by Gasteiger charge is 2.17. The quantitative estimate of drug-likeness (QED) is 0.313. The molecular formula is C20H29FN10. The van der Waals surface area contributed by atoms with E-state index in [-0.39, 0.29) is 12.0 Å². The molecule has 166 valence electrons. The van der Waals surface area contributed by atoms with Crippen LogP contribution in [0.5, 0.6) is 0 Å². The van der Waals surface area contributed by atoms with Gasteiger partial charge >= 0.3 is 0 Å². The lowest BCUT2D eigenvalue weighted by molar-refractivity contribution is 0.202. The zero-order valence-electron chi connectivity index (χ0n) is 18.2. The van der Waals surface area contributed by atoms with E-state index in [1.165, 1.54) is 18.9 Å². The first-order chi connectivity index (χ1) is 14.5. The van der Waals surface area contributed by atoms with Crippen LogP contribution in [0.2, 0.25) is 0 Å². The second-order valence-electron chi connectivity index (χ2n) is 8.25. The third kappa shape index (κ3) is 5.57. The number of halogens is 1. The van der Waals surface area contributed by atoms with Crippen molar-refractivity contribution in [3.8, 4) is 5.82 Å². The number of aromatic nitrogens is 5. The molecule has 0 atom stereocenters. The molecule has 7 N–H and O–H groups in total. The third-order valence-corrected chi connectivity index (χ3v) is 4.45. The Labute approximate surface area is 180 Å². The molecule has 3 rings (SSSR count). The van der Waals surface area contributed by atoms with E-state index in [9.17, 15) is 4.39 Å². The summed E-state index contributed by atoms with van der Waals surface area (Å²) < 4.78 is 15.3. The fourth-order valence-corrected chi connectivity index (χ4v) is 2.94. The van der Waals surface area contributed by atoms with Gasteiger partial charge in [0.05, 0.1) is 29.2 Å². The summed E-state index contributed by atoms with van der Waals surface area (Å²) in [6.45, 7) is 7.06.